The minimum atomic E-state index is 0.384. The molecule has 0 unspecified atom stereocenters. The Morgan fingerprint density at radius 1 is 1.18 bits per heavy atom. The molecule has 2 heterocycles. The maximum absolute atomic E-state index is 6.20. The van der Waals surface area contributed by atoms with Crippen LogP contribution in [0.2, 0.25) is 10.0 Å². The number of hydrogen-bond donors (Lipinski definition) is 1. The molecule has 0 radical (unpaired) electrons. The predicted molar refractivity (Wildman–Crippen MR) is 83.3 cm³/mol. The number of anilines is 1. The fourth-order valence-corrected chi connectivity index (χ4v) is 2.26. The molecule has 3 aromatic rings. The van der Waals surface area contributed by atoms with Crippen molar-refractivity contribution in [3.63, 3.8) is 0 Å². The molecule has 0 spiro atoms. The second-order valence-electron chi connectivity index (χ2n) is 4.43. The van der Waals surface area contributed by atoms with E-state index < -0.39 is 0 Å². The average Bonchev–Trinajstić information content (AvgIpc) is 2.97. The van der Waals surface area contributed by atoms with Crippen LogP contribution in [0.4, 0.5) is 5.95 Å². The van der Waals surface area contributed by atoms with Gasteiger partial charge in [0.05, 0.1) is 33.7 Å². The molecule has 0 amide bonds. The number of hydrogen-bond acceptors (Lipinski definition) is 6. The largest absolute Gasteiger partial charge is 0.347 e. The third kappa shape index (κ3) is 2.86. The highest BCUT2D eigenvalue weighted by Crippen LogP contribution is 2.29. The zero-order chi connectivity index (χ0) is 15.5. The van der Waals surface area contributed by atoms with Gasteiger partial charge in [0.15, 0.2) is 0 Å². The molecule has 1 aromatic carbocycles. The van der Waals surface area contributed by atoms with E-state index in [4.69, 9.17) is 23.2 Å². The lowest BCUT2D eigenvalue weighted by Crippen LogP contribution is -2.10. The summed E-state index contributed by atoms with van der Waals surface area (Å²) >= 11 is 12.2. The monoisotopic (exact) mass is 335 g/mol. The molecule has 112 valence electrons. The van der Waals surface area contributed by atoms with E-state index in [0.717, 1.165) is 11.4 Å². The van der Waals surface area contributed by atoms with Crippen molar-refractivity contribution in [3.8, 4) is 5.69 Å². The third-order valence-corrected chi connectivity index (χ3v) is 3.83. The molecule has 9 heteroatoms. The molecule has 0 aliphatic rings. The Kier molecular flexibility index (Phi) is 4.17. The van der Waals surface area contributed by atoms with Crippen LogP contribution in [0.25, 0.3) is 5.69 Å². The zero-order valence-electron chi connectivity index (χ0n) is 11.5. The van der Waals surface area contributed by atoms with Crippen LogP contribution in [0.3, 0.4) is 0 Å². The SMILES string of the molecule is Cc1nccnc1CNc1nnnn1-c1cccc(Cl)c1Cl. The van der Waals surface area contributed by atoms with Crippen LogP contribution in [-0.2, 0) is 6.54 Å². The molecular formula is C13H11Cl2N7. The highest BCUT2D eigenvalue weighted by molar-refractivity contribution is 6.43. The van der Waals surface area contributed by atoms with Crippen molar-refractivity contribution < 1.29 is 0 Å². The van der Waals surface area contributed by atoms with Gasteiger partial charge >= 0.3 is 0 Å². The summed E-state index contributed by atoms with van der Waals surface area (Å²) < 4.78 is 1.49. The first-order valence-electron chi connectivity index (χ1n) is 6.40. The van der Waals surface area contributed by atoms with Gasteiger partial charge in [-0.2, -0.15) is 4.68 Å². The van der Waals surface area contributed by atoms with E-state index in [2.05, 4.69) is 30.8 Å². The van der Waals surface area contributed by atoms with Gasteiger partial charge in [-0.3, -0.25) is 9.97 Å². The topological polar surface area (TPSA) is 81.4 Å². The van der Waals surface area contributed by atoms with Crippen molar-refractivity contribution in [1.29, 1.82) is 0 Å². The van der Waals surface area contributed by atoms with Gasteiger partial charge in [0.2, 0.25) is 5.95 Å². The van der Waals surface area contributed by atoms with Crippen LogP contribution < -0.4 is 5.32 Å². The molecule has 0 saturated heterocycles. The molecule has 0 bridgehead atoms. The fourth-order valence-electron chi connectivity index (χ4n) is 1.89. The van der Waals surface area contributed by atoms with Gasteiger partial charge in [-0.05, 0) is 29.5 Å². The summed E-state index contributed by atoms with van der Waals surface area (Å²) in [5.41, 5.74) is 2.25. The van der Waals surface area contributed by atoms with Crippen LogP contribution >= 0.6 is 23.2 Å². The van der Waals surface area contributed by atoms with Crippen molar-refractivity contribution in [3.05, 3.63) is 52.0 Å². The minimum Gasteiger partial charge on any atom is -0.347 e. The second-order valence-corrected chi connectivity index (χ2v) is 5.21. The van der Waals surface area contributed by atoms with Crippen LogP contribution in [0.5, 0.6) is 0 Å². The molecule has 1 N–H and O–H groups in total. The van der Waals surface area contributed by atoms with E-state index in [1.54, 1.807) is 30.6 Å². The standard InChI is InChI=1S/C13H11Cl2N7/c1-8-10(17-6-5-16-8)7-18-13-19-20-21-22(13)11-4-2-3-9(14)12(11)15/h2-6H,7H2,1H3,(H,18,19,21). The van der Waals surface area contributed by atoms with Gasteiger partial charge in [0, 0.05) is 12.4 Å². The first kappa shape index (κ1) is 14.7. The van der Waals surface area contributed by atoms with E-state index in [0.29, 0.717) is 28.2 Å². The molecule has 0 aliphatic carbocycles. The number of aromatic nitrogens is 6. The zero-order valence-corrected chi connectivity index (χ0v) is 13.0. The minimum absolute atomic E-state index is 0.384. The summed E-state index contributed by atoms with van der Waals surface area (Å²) in [6, 6.07) is 5.26. The maximum Gasteiger partial charge on any atom is 0.248 e. The van der Waals surface area contributed by atoms with Crippen molar-refractivity contribution in [2.75, 3.05) is 5.32 Å². The molecule has 2 aromatic heterocycles. The first-order chi connectivity index (χ1) is 10.7. The third-order valence-electron chi connectivity index (χ3n) is 3.03. The Morgan fingerprint density at radius 3 is 2.82 bits per heavy atom. The Bertz CT molecular complexity index is 803. The lowest BCUT2D eigenvalue weighted by molar-refractivity contribution is 0.788. The fraction of sp³-hybridized carbons (Fsp3) is 0.154. The normalized spacial score (nSPS) is 10.7. The summed E-state index contributed by atoms with van der Waals surface area (Å²) in [4.78, 5) is 8.45. The highest BCUT2D eigenvalue weighted by atomic mass is 35.5. The van der Waals surface area contributed by atoms with Crippen LogP contribution in [0, 0.1) is 6.92 Å². The Hall–Kier alpha value is -2.25. The van der Waals surface area contributed by atoms with E-state index in [1.807, 2.05) is 6.92 Å². The maximum atomic E-state index is 6.20. The molecular weight excluding hydrogens is 325 g/mol. The lowest BCUT2D eigenvalue weighted by atomic mass is 10.3. The van der Waals surface area contributed by atoms with Gasteiger partial charge in [0.25, 0.3) is 0 Å². The summed E-state index contributed by atoms with van der Waals surface area (Å²) in [7, 11) is 0. The second kappa shape index (κ2) is 6.25. The van der Waals surface area contributed by atoms with Crippen molar-refractivity contribution in [1.82, 2.24) is 30.2 Å². The van der Waals surface area contributed by atoms with Crippen LogP contribution in [-0.4, -0.2) is 30.2 Å². The number of halogens is 2. The summed E-state index contributed by atoms with van der Waals surface area (Å²) in [5.74, 6) is 0.439. The van der Waals surface area contributed by atoms with Crippen molar-refractivity contribution >= 4 is 29.2 Å². The lowest BCUT2D eigenvalue weighted by Gasteiger charge is -2.09. The molecule has 0 fully saturated rings. The molecule has 22 heavy (non-hydrogen) atoms. The van der Waals surface area contributed by atoms with Crippen LogP contribution in [0.1, 0.15) is 11.4 Å². The number of rotatable bonds is 4. The Balaban J connectivity index is 1.87. The van der Waals surface area contributed by atoms with E-state index >= 15 is 0 Å². The quantitative estimate of drug-likeness (QED) is 0.789. The highest BCUT2D eigenvalue weighted by Gasteiger charge is 2.13. The first-order valence-corrected chi connectivity index (χ1v) is 7.15. The smallest absolute Gasteiger partial charge is 0.248 e. The number of benzene rings is 1. The molecule has 3 rings (SSSR count). The van der Waals surface area contributed by atoms with Gasteiger partial charge in [-0.25, -0.2) is 0 Å². The van der Waals surface area contributed by atoms with E-state index in [1.165, 1.54) is 4.68 Å². The molecule has 0 aliphatic heterocycles. The number of tetrazole rings is 1. The Morgan fingerprint density at radius 2 is 2.00 bits per heavy atom. The molecule has 7 nitrogen and oxygen atoms in total. The summed E-state index contributed by atoms with van der Waals surface area (Å²) in [5, 5.41) is 15.5. The Labute approximate surface area is 136 Å². The van der Waals surface area contributed by atoms with Crippen LogP contribution in [0.15, 0.2) is 30.6 Å². The van der Waals surface area contributed by atoms with Gasteiger partial charge in [-0.1, -0.05) is 34.4 Å². The predicted octanol–water partition coefficient (Wildman–Crippen LogP) is 2.68. The summed E-state index contributed by atoms with van der Waals surface area (Å²) in [6.07, 6.45) is 3.29. The van der Waals surface area contributed by atoms with Crippen molar-refractivity contribution in [2.24, 2.45) is 0 Å². The van der Waals surface area contributed by atoms with Gasteiger partial charge in [-0.15, -0.1) is 0 Å². The summed E-state index contributed by atoms with van der Waals surface area (Å²) in [6.45, 7) is 2.33. The number of nitrogens with one attached hydrogen (secondary N) is 1. The van der Waals surface area contributed by atoms with E-state index in [-0.39, 0.29) is 0 Å². The van der Waals surface area contributed by atoms with Crippen molar-refractivity contribution in [2.45, 2.75) is 13.5 Å². The molecule has 0 saturated carbocycles. The number of nitrogens with zero attached hydrogens (tertiary/aromatic N) is 6. The number of aryl methyl sites for hydroxylation is 1. The van der Waals surface area contributed by atoms with E-state index in [9.17, 15) is 0 Å². The van der Waals surface area contributed by atoms with Gasteiger partial charge in [0.1, 0.15) is 0 Å². The molecule has 0 atom stereocenters. The average molecular weight is 336 g/mol. The van der Waals surface area contributed by atoms with Gasteiger partial charge < -0.3 is 5.32 Å².